The summed E-state index contributed by atoms with van der Waals surface area (Å²) in [6, 6.07) is 17.8. The molecule has 8 heteroatoms. The van der Waals surface area contributed by atoms with Crippen molar-refractivity contribution < 1.29 is 27.3 Å². The van der Waals surface area contributed by atoms with E-state index in [9.17, 15) is 13.0 Å². The quantitative estimate of drug-likeness (QED) is 0.476. The lowest BCUT2D eigenvalue weighted by Crippen LogP contribution is -2.20. The zero-order valence-electron chi connectivity index (χ0n) is 13.5. The molecular weight excluding hydrogens is 363 g/mol. The van der Waals surface area contributed by atoms with Crippen molar-refractivity contribution in [3.8, 4) is 0 Å². The zero-order valence-corrected chi connectivity index (χ0v) is 15.2. The molecule has 0 heterocycles. The first-order chi connectivity index (χ1) is 11.7. The first kappa shape index (κ1) is 19.8. The van der Waals surface area contributed by atoms with Crippen molar-refractivity contribution in [2.45, 2.75) is 30.7 Å². The van der Waals surface area contributed by atoms with Gasteiger partial charge in [0.2, 0.25) is 0 Å². The minimum atomic E-state index is -4.90. The normalized spacial score (nSPS) is 13.6. The first-order valence-electron chi connectivity index (χ1n) is 7.79. The standard InChI is InChI=1S/C17H21O6PS/c18-24(19,20)17(25(21,22)23)8-4-7-14-9-11-16(12-10-14)13-15-5-2-1-3-6-15/h1-3,5-6,9-12,17H,4,7-8,13H2,(H2,18,19,20)(H,21,22,23). The van der Waals surface area contributed by atoms with E-state index in [1.807, 2.05) is 54.6 Å². The maximum absolute atomic E-state index is 11.2. The summed E-state index contributed by atoms with van der Waals surface area (Å²) in [7, 11) is -9.68. The van der Waals surface area contributed by atoms with Gasteiger partial charge in [0, 0.05) is 0 Å². The molecule has 1 unspecified atom stereocenters. The lowest BCUT2D eigenvalue weighted by Gasteiger charge is -2.15. The summed E-state index contributed by atoms with van der Waals surface area (Å²) in [6.45, 7) is 0. The maximum Gasteiger partial charge on any atom is 0.346 e. The van der Waals surface area contributed by atoms with Crippen molar-refractivity contribution in [2.75, 3.05) is 0 Å². The average molecular weight is 384 g/mol. The molecule has 0 aliphatic carbocycles. The third kappa shape index (κ3) is 6.38. The molecule has 0 aliphatic heterocycles. The molecule has 2 aromatic carbocycles. The molecule has 25 heavy (non-hydrogen) atoms. The fourth-order valence-corrected chi connectivity index (χ4v) is 5.00. The van der Waals surface area contributed by atoms with E-state index < -0.39 is 22.7 Å². The number of hydrogen-bond acceptors (Lipinski definition) is 3. The van der Waals surface area contributed by atoms with Gasteiger partial charge in [0.05, 0.1) is 0 Å². The maximum atomic E-state index is 11.2. The van der Waals surface area contributed by atoms with Crippen molar-refractivity contribution in [3.63, 3.8) is 0 Å². The predicted octanol–water partition coefficient (Wildman–Crippen LogP) is 2.99. The topological polar surface area (TPSA) is 112 Å². The molecule has 0 amide bonds. The summed E-state index contributed by atoms with van der Waals surface area (Å²) in [6.07, 6.45) is 1.23. The highest BCUT2D eigenvalue weighted by Gasteiger charge is 2.38. The molecule has 2 aromatic rings. The molecule has 3 N–H and O–H groups in total. The molecule has 0 saturated carbocycles. The van der Waals surface area contributed by atoms with Gasteiger partial charge < -0.3 is 9.79 Å². The van der Waals surface area contributed by atoms with E-state index in [-0.39, 0.29) is 12.8 Å². The van der Waals surface area contributed by atoms with E-state index in [0.29, 0.717) is 6.42 Å². The third-order valence-electron chi connectivity index (χ3n) is 3.91. The molecule has 1 atom stereocenters. The smallest absolute Gasteiger partial charge is 0.323 e. The molecule has 6 nitrogen and oxygen atoms in total. The monoisotopic (exact) mass is 384 g/mol. The van der Waals surface area contributed by atoms with Gasteiger partial charge in [-0.1, -0.05) is 54.6 Å². The van der Waals surface area contributed by atoms with Gasteiger partial charge in [-0.2, -0.15) is 8.42 Å². The van der Waals surface area contributed by atoms with Gasteiger partial charge in [0.15, 0.2) is 4.99 Å². The molecule has 0 spiro atoms. The lowest BCUT2D eigenvalue weighted by atomic mass is 10.0. The molecule has 2 rings (SSSR count). The van der Waals surface area contributed by atoms with E-state index in [1.54, 1.807) is 0 Å². The molecular formula is C17H21O6PS. The molecule has 0 aromatic heterocycles. The molecule has 0 aliphatic rings. The molecule has 0 radical (unpaired) electrons. The minimum absolute atomic E-state index is 0.244. The van der Waals surface area contributed by atoms with Gasteiger partial charge in [0.25, 0.3) is 10.1 Å². The summed E-state index contributed by atoms with van der Waals surface area (Å²) in [4.78, 5) is 16.1. The van der Waals surface area contributed by atoms with Crippen molar-refractivity contribution in [1.29, 1.82) is 0 Å². The summed E-state index contributed by atoms with van der Waals surface area (Å²) in [5.74, 6) is 0. The largest absolute Gasteiger partial charge is 0.346 e. The zero-order chi connectivity index (χ0) is 18.5. The Bertz CT molecular complexity index is 827. The second-order valence-electron chi connectivity index (χ2n) is 5.93. The van der Waals surface area contributed by atoms with Gasteiger partial charge in [-0.25, -0.2) is 0 Å². The first-order valence-corrected chi connectivity index (χ1v) is 11.0. The Morgan fingerprint density at radius 1 is 0.880 bits per heavy atom. The minimum Gasteiger partial charge on any atom is -0.323 e. The average Bonchev–Trinajstić information content (AvgIpc) is 2.51. The van der Waals surface area contributed by atoms with Crippen molar-refractivity contribution >= 4 is 17.7 Å². The van der Waals surface area contributed by atoms with Crippen LogP contribution in [0.3, 0.4) is 0 Å². The van der Waals surface area contributed by atoms with E-state index in [2.05, 4.69) is 0 Å². The van der Waals surface area contributed by atoms with E-state index in [0.717, 1.165) is 17.5 Å². The number of benzene rings is 2. The van der Waals surface area contributed by atoms with Crippen LogP contribution < -0.4 is 0 Å². The van der Waals surface area contributed by atoms with Gasteiger partial charge in [0.1, 0.15) is 0 Å². The summed E-state index contributed by atoms with van der Waals surface area (Å²) < 4.78 is 42.4. The Kier molecular flexibility index (Phi) is 6.54. The van der Waals surface area contributed by atoms with Crippen LogP contribution in [0.25, 0.3) is 0 Å². The Hall–Kier alpha value is -1.50. The Balaban J connectivity index is 1.92. The van der Waals surface area contributed by atoms with Crippen LogP contribution in [-0.4, -0.2) is 27.7 Å². The Labute approximate surface area is 147 Å². The van der Waals surface area contributed by atoms with Crippen LogP contribution in [0, 0.1) is 0 Å². The van der Waals surface area contributed by atoms with Crippen LogP contribution in [0.4, 0.5) is 0 Å². The summed E-state index contributed by atoms with van der Waals surface area (Å²) in [5, 5.41) is 0. The van der Waals surface area contributed by atoms with Crippen LogP contribution in [0.1, 0.15) is 29.5 Å². The number of rotatable bonds is 8. The highest BCUT2D eigenvalue weighted by atomic mass is 32.2. The molecule has 0 fully saturated rings. The van der Waals surface area contributed by atoms with E-state index in [4.69, 9.17) is 14.3 Å². The number of aryl methyl sites for hydroxylation is 1. The molecule has 0 bridgehead atoms. The Morgan fingerprint density at radius 2 is 1.40 bits per heavy atom. The van der Waals surface area contributed by atoms with Crippen molar-refractivity contribution in [3.05, 3.63) is 71.3 Å². The molecule has 0 saturated heterocycles. The predicted molar refractivity (Wildman–Crippen MR) is 96.0 cm³/mol. The second kappa shape index (κ2) is 8.25. The van der Waals surface area contributed by atoms with E-state index >= 15 is 0 Å². The van der Waals surface area contributed by atoms with Crippen LogP contribution >= 0.6 is 7.60 Å². The highest BCUT2D eigenvalue weighted by molar-refractivity contribution is 7.93. The fraction of sp³-hybridized carbons (Fsp3) is 0.294. The van der Waals surface area contributed by atoms with Crippen LogP contribution in [0.2, 0.25) is 0 Å². The summed E-state index contributed by atoms with van der Waals surface area (Å²) >= 11 is 0. The summed E-state index contributed by atoms with van der Waals surface area (Å²) in [5.41, 5.74) is 3.28. The SMILES string of the molecule is O=P(O)(O)C(CCCc1ccc(Cc2ccccc2)cc1)S(=O)(=O)O. The van der Waals surface area contributed by atoms with Crippen molar-refractivity contribution in [2.24, 2.45) is 0 Å². The van der Waals surface area contributed by atoms with E-state index in [1.165, 1.54) is 5.56 Å². The van der Waals surface area contributed by atoms with Crippen molar-refractivity contribution in [1.82, 2.24) is 0 Å². The van der Waals surface area contributed by atoms with Gasteiger partial charge in [-0.3, -0.25) is 9.12 Å². The lowest BCUT2D eigenvalue weighted by molar-refractivity contribution is 0.360. The van der Waals surface area contributed by atoms with Gasteiger partial charge in [-0.05, 0) is 42.4 Å². The second-order valence-corrected chi connectivity index (χ2v) is 9.68. The molecule has 136 valence electrons. The van der Waals surface area contributed by atoms with Crippen LogP contribution in [0.15, 0.2) is 54.6 Å². The Morgan fingerprint density at radius 3 is 1.92 bits per heavy atom. The highest BCUT2D eigenvalue weighted by Crippen LogP contribution is 2.46. The van der Waals surface area contributed by atoms with Crippen LogP contribution in [0.5, 0.6) is 0 Å². The number of hydrogen-bond donors (Lipinski definition) is 3. The van der Waals surface area contributed by atoms with Gasteiger partial charge >= 0.3 is 7.60 Å². The van der Waals surface area contributed by atoms with Crippen LogP contribution in [-0.2, 0) is 27.5 Å². The van der Waals surface area contributed by atoms with Gasteiger partial charge in [-0.15, -0.1) is 0 Å². The third-order valence-corrected chi connectivity index (χ3v) is 7.46. The fourth-order valence-electron chi connectivity index (χ4n) is 2.63.